The second kappa shape index (κ2) is 18.7. The van der Waals surface area contributed by atoms with E-state index < -0.39 is 0 Å². The Hall–Kier alpha value is 0.0249. The lowest BCUT2D eigenvalue weighted by molar-refractivity contribution is 0.441. The Morgan fingerprint density at radius 2 is 1.57 bits per heavy atom. The maximum Gasteiger partial charge on any atom is 0.182 e. The summed E-state index contributed by atoms with van der Waals surface area (Å²) in [6.07, 6.45) is 3.81. The third-order valence-corrected chi connectivity index (χ3v) is 1.90. The molecule has 0 rings (SSSR count). The van der Waals surface area contributed by atoms with Gasteiger partial charge in [-0.3, -0.25) is 0 Å². The van der Waals surface area contributed by atoms with Crippen LogP contribution in [-0.2, 0) is 0 Å². The summed E-state index contributed by atoms with van der Waals surface area (Å²) >= 11 is 0. The van der Waals surface area contributed by atoms with E-state index in [-0.39, 0.29) is 0 Å². The molecule has 86 valence electrons. The van der Waals surface area contributed by atoms with Gasteiger partial charge in [0.05, 0.1) is 0 Å². The van der Waals surface area contributed by atoms with Crippen molar-refractivity contribution in [3.05, 3.63) is 0 Å². The van der Waals surface area contributed by atoms with Crippen molar-refractivity contribution in [2.75, 3.05) is 13.6 Å². The van der Waals surface area contributed by atoms with Crippen LogP contribution >= 0.6 is 0 Å². The predicted octanol–water partition coefficient (Wildman–Crippen LogP) is 3.88. The van der Waals surface area contributed by atoms with Crippen LogP contribution in [0.1, 0.15) is 60.8 Å². The van der Waals surface area contributed by atoms with Crippen molar-refractivity contribution in [3.8, 4) is 0 Å². The van der Waals surface area contributed by atoms with Crippen LogP contribution in [0.4, 0.5) is 0 Å². The number of nitrogens with zero attached hydrogens (tertiary/aromatic N) is 1. The van der Waals surface area contributed by atoms with Crippen molar-refractivity contribution in [1.29, 1.82) is 0 Å². The monoisotopic (exact) mass is 199 g/mol. The van der Waals surface area contributed by atoms with E-state index >= 15 is 0 Å². The van der Waals surface area contributed by atoms with Crippen LogP contribution in [0.25, 0.3) is 0 Å². The zero-order valence-corrected chi connectivity index (χ0v) is 11.4. The molecule has 0 heterocycles. The van der Waals surface area contributed by atoms with Crippen molar-refractivity contribution in [1.82, 2.24) is 4.81 Å². The van der Waals surface area contributed by atoms with Gasteiger partial charge in [0.25, 0.3) is 0 Å². The van der Waals surface area contributed by atoms with E-state index in [1.54, 1.807) is 4.81 Å². The van der Waals surface area contributed by atoms with E-state index in [4.69, 9.17) is 7.98 Å². The van der Waals surface area contributed by atoms with Gasteiger partial charge in [0.2, 0.25) is 0 Å². The maximum absolute atomic E-state index is 5.45. The minimum absolute atomic E-state index is 0.861. The summed E-state index contributed by atoms with van der Waals surface area (Å²) in [7, 11) is 7.37. The fourth-order valence-electron chi connectivity index (χ4n) is 0.893. The van der Waals surface area contributed by atoms with Gasteiger partial charge in [-0.1, -0.05) is 48.0 Å². The average molecular weight is 199 g/mol. The van der Waals surface area contributed by atoms with Crippen LogP contribution in [0, 0.1) is 5.92 Å². The highest BCUT2D eigenvalue weighted by Crippen LogP contribution is 2.08. The summed E-state index contributed by atoms with van der Waals surface area (Å²) < 4.78 is 0. The van der Waals surface area contributed by atoms with Crippen LogP contribution < -0.4 is 0 Å². The molecule has 0 aromatic carbocycles. The molecule has 0 spiro atoms. The maximum atomic E-state index is 5.45. The van der Waals surface area contributed by atoms with Crippen LogP contribution in [0.3, 0.4) is 0 Å². The Morgan fingerprint density at radius 3 is 1.86 bits per heavy atom. The zero-order valence-electron chi connectivity index (χ0n) is 11.4. The Morgan fingerprint density at radius 1 is 1.14 bits per heavy atom. The number of hydrogen-bond acceptors (Lipinski definition) is 1. The predicted molar refractivity (Wildman–Crippen MR) is 69.8 cm³/mol. The molecule has 0 aliphatic rings. The standard InChI is InChI=1S/C8H18BN.2C2H6/c1-4-8(2)6-5-7-10(3)9;2*1-2/h8H,4-7H2,1-3H3;2*1-2H3. The molecule has 1 unspecified atom stereocenters. The van der Waals surface area contributed by atoms with E-state index in [2.05, 4.69) is 13.8 Å². The first-order valence-electron chi connectivity index (χ1n) is 6.12. The molecule has 14 heavy (non-hydrogen) atoms. The van der Waals surface area contributed by atoms with Crippen molar-refractivity contribution in [2.45, 2.75) is 60.8 Å². The highest BCUT2D eigenvalue weighted by atomic mass is 15.0. The third-order valence-electron chi connectivity index (χ3n) is 1.90. The van der Waals surface area contributed by atoms with Gasteiger partial charge in [-0.2, -0.15) is 0 Å². The summed E-state index contributed by atoms with van der Waals surface area (Å²) in [5.41, 5.74) is 0. The van der Waals surface area contributed by atoms with Gasteiger partial charge < -0.3 is 4.81 Å². The van der Waals surface area contributed by atoms with Crippen LogP contribution in [0.15, 0.2) is 0 Å². The van der Waals surface area contributed by atoms with E-state index in [0.29, 0.717) is 0 Å². The highest BCUT2D eigenvalue weighted by molar-refractivity contribution is 6.04. The molecule has 0 aliphatic carbocycles. The molecule has 2 radical (unpaired) electrons. The lowest BCUT2D eigenvalue weighted by Crippen LogP contribution is -2.15. The molecule has 0 aliphatic heterocycles. The van der Waals surface area contributed by atoms with Gasteiger partial charge in [-0.15, -0.1) is 0 Å². The molecule has 0 N–H and O–H groups in total. The van der Waals surface area contributed by atoms with Gasteiger partial charge in [-0.05, 0) is 32.4 Å². The Bertz CT molecular complexity index is 74.7. The minimum Gasteiger partial charge on any atom is -0.356 e. The van der Waals surface area contributed by atoms with Gasteiger partial charge in [-0.25, -0.2) is 0 Å². The minimum atomic E-state index is 0.861. The fourth-order valence-corrected chi connectivity index (χ4v) is 0.893. The highest BCUT2D eigenvalue weighted by Gasteiger charge is 1.97. The molecule has 0 aromatic heterocycles. The lowest BCUT2D eigenvalue weighted by atomic mass is 10.0. The lowest BCUT2D eigenvalue weighted by Gasteiger charge is -2.11. The average Bonchev–Trinajstić information content (AvgIpc) is 2.23. The molecule has 0 aromatic rings. The van der Waals surface area contributed by atoms with E-state index in [1.165, 1.54) is 19.3 Å². The second-order valence-corrected chi connectivity index (χ2v) is 3.14. The third kappa shape index (κ3) is 22.7. The van der Waals surface area contributed by atoms with Gasteiger partial charge in [0, 0.05) is 0 Å². The molecular formula is C12H30BN. The van der Waals surface area contributed by atoms with Crippen molar-refractivity contribution < 1.29 is 0 Å². The molecular weight excluding hydrogens is 169 g/mol. The molecule has 1 atom stereocenters. The van der Waals surface area contributed by atoms with Crippen molar-refractivity contribution in [2.24, 2.45) is 5.92 Å². The second-order valence-electron chi connectivity index (χ2n) is 3.14. The zero-order chi connectivity index (χ0) is 12.0. The topological polar surface area (TPSA) is 3.24 Å². The van der Waals surface area contributed by atoms with E-state index in [9.17, 15) is 0 Å². The van der Waals surface area contributed by atoms with Gasteiger partial charge in [0.15, 0.2) is 7.98 Å². The summed E-state index contributed by atoms with van der Waals surface area (Å²) in [5, 5.41) is 0. The van der Waals surface area contributed by atoms with E-state index in [1.807, 2.05) is 34.7 Å². The summed E-state index contributed by atoms with van der Waals surface area (Å²) in [6.45, 7) is 13.5. The SMILES string of the molecule is CC.CC.[B]N(C)CCCC(C)CC. The molecule has 0 saturated carbocycles. The normalized spacial score (nSPS) is 10.9. The Kier molecular flexibility index (Phi) is 26.2. The first kappa shape index (κ1) is 19.6. The Labute approximate surface area is 93.7 Å². The fraction of sp³-hybridized carbons (Fsp3) is 1.00. The first-order chi connectivity index (χ1) is 6.66. The smallest absolute Gasteiger partial charge is 0.182 e. The largest absolute Gasteiger partial charge is 0.356 e. The van der Waals surface area contributed by atoms with Gasteiger partial charge in [0.1, 0.15) is 0 Å². The molecule has 2 heteroatoms. The van der Waals surface area contributed by atoms with E-state index in [0.717, 1.165) is 12.5 Å². The first-order valence-corrected chi connectivity index (χ1v) is 6.12. The van der Waals surface area contributed by atoms with Crippen LogP contribution in [0.2, 0.25) is 0 Å². The van der Waals surface area contributed by atoms with Gasteiger partial charge >= 0.3 is 0 Å². The molecule has 0 fully saturated rings. The van der Waals surface area contributed by atoms with Crippen molar-refractivity contribution >= 4 is 7.98 Å². The number of rotatable bonds is 5. The molecule has 0 saturated heterocycles. The quantitative estimate of drug-likeness (QED) is 0.607. The molecule has 1 nitrogen and oxygen atoms in total. The Balaban J connectivity index is -0.000000266. The van der Waals surface area contributed by atoms with Crippen molar-refractivity contribution in [3.63, 3.8) is 0 Å². The molecule has 0 bridgehead atoms. The summed E-state index contributed by atoms with van der Waals surface area (Å²) in [4.78, 5) is 1.75. The summed E-state index contributed by atoms with van der Waals surface area (Å²) in [5.74, 6) is 0.861. The number of hydrogen-bond donors (Lipinski definition) is 0. The van der Waals surface area contributed by atoms with Crippen LogP contribution in [0.5, 0.6) is 0 Å². The van der Waals surface area contributed by atoms with Crippen LogP contribution in [-0.4, -0.2) is 26.4 Å². The molecule has 0 amide bonds. The summed E-state index contributed by atoms with van der Waals surface area (Å²) in [6, 6.07) is 0.